The summed E-state index contributed by atoms with van der Waals surface area (Å²) in [5.41, 5.74) is 7.03. The highest BCUT2D eigenvalue weighted by Crippen LogP contribution is 2.23. The van der Waals surface area contributed by atoms with E-state index in [1.54, 1.807) is 17.0 Å². The second-order valence-electron chi connectivity index (χ2n) is 6.49. The molecular formula is C19H25ClN2O4. The van der Waals surface area contributed by atoms with E-state index in [1.165, 1.54) is 6.07 Å². The van der Waals surface area contributed by atoms with Crippen molar-refractivity contribution in [2.75, 3.05) is 19.7 Å². The van der Waals surface area contributed by atoms with E-state index in [-0.39, 0.29) is 36.6 Å². The van der Waals surface area contributed by atoms with Gasteiger partial charge in [-0.3, -0.25) is 4.79 Å². The molecule has 7 heteroatoms. The van der Waals surface area contributed by atoms with Gasteiger partial charge in [-0.25, -0.2) is 4.79 Å². The van der Waals surface area contributed by atoms with Crippen LogP contribution in [0.1, 0.15) is 31.7 Å². The number of rotatable bonds is 4. The van der Waals surface area contributed by atoms with Gasteiger partial charge >= 0.3 is 5.63 Å². The minimum atomic E-state index is -0.379. The van der Waals surface area contributed by atoms with Crippen LogP contribution >= 0.6 is 12.4 Å². The quantitative estimate of drug-likeness (QED) is 0.823. The number of likely N-dealkylation sites (tertiary alicyclic amines) is 1. The molecule has 1 atom stereocenters. The standard InChI is InChI=1S/C19H24N2O4.ClH/c1-2-13-9-19(23)25-17-10-15(6-7-16(13)17)24-12-18(22)21-8-4-3-5-14(20)11-21;/h6-7,9-10,14H,2-5,8,11-12,20H2,1H3;1H. The van der Waals surface area contributed by atoms with Crippen LogP contribution in [0.5, 0.6) is 5.75 Å². The van der Waals surface area contributed by atoms with Crippen molar-refractivity contribution in [2.24, 2.45) is 5.73 Å². The zero-order chi connectivity index (χ0) is 17.8. The first-order valence-corrected chi connectivity index (χ1v) is 8.79. The number of carbonyl (C=O) groups excluding carboxylic acids is 1. The summed E-state index contributed by atoms with van der Waals surface area (Å²) in [4.78, 5) is 25.8. The van der Waals surface area contributed by atoms with Crippen molar-refractivity contribution < 1.29 is 13.9 Å². The minimum absolute atomic E-state index is 0. The van der Waals surface area contributed by atoms with Crippen LogP contribution < -0.4 is 16.1 Å². The smallest absolute Gasteiger partial charge is 0.336 e. The van der Waals surface area contributed by atoms with Crippen molar-refractivity contribution in [3.05, 3.63) is 40.2 Å². The van der Waals surface area contributed by atoms with Crippen molar-refractivity contribution in [3.8, 4) is 5.75 Å². The lowest BCUT2D eigenvalue weighted by Crippen LogP contribution is -2.41. The van der Waals surface area contributed by atoms with Gasteiger partial charge in [-0.2, -0.15) is 0 Å². The number of hydrogen-bond acceptors (Lipinski definition) is 5. The molecule has 2 aromatic rings. The molecule has 142 valence electrons. The summed E-state index contributed by atoms with van der Waals surface area (Å²) in [5, 5.41) is 0.888. The first-order chi connectivity index (χ1) is 12.1. The van der Waals surface area contributed by atoms with E-state index in [0.717, 1.165) is 43.2 Å². The number of halogens is 1. The van der Waals surface area contributed by atoms with Gasteiger partial charge in [0.25, 0.3) is 5.91 Å². The zero-order valence-corrected chi connectivity index (χ0v) is 15.7. The summed E-state index contributed by atoms with van der Waals surface area (Å²) >= 11 is 0. The van der Waals surface area contributed by atoms with E-state index >= 15 is 0 Å². The van der Waals surface area contributed by atoms with Crippen LogP contribution in [0.15, 0.2) is 33.5 Å². The first-order valence-electron chi connectivity index (χ1n) is 8.79. The SMILES string of the molecule is CCc1cc(=O)oc2cc(OCC(=O)N3CCCCC(N)C3)ccc12.Cl. The number of ether oxygens (including phenoxy) is 1. The monoisotopic (exact) mass is 380 g/mol. The molecule has 26 heavy (non-hydrogen) atoms. The van der Waals surface area contributed by atoms with Crippen LogP contribution in [0.25, 0.3) is 11.0 Å². The predicted molar refractivity (Wildman–Crippen MR) is 103 cm³/mol. The molecule has 0 bridgehead atoms. The number of benzene rings is 1. The van der Waals surface area contributed by atoms with Crippen LogP contribution in [-0.2, 0) is 11.2 Å². The molecule has 1 unspecified atom stereocenters. The third kappa shape index (κ3) is 4.77. The average molecular weight is 381 g/mol. The molecule has 2 heterocycles. The highest BCUT2D eigenvalue weighted by atomic mass is 35.5. The molecule has 1 aliphatic heterocycles. The number of carbonyl (C=O) groups is 1. The number of fused-ring (bicyclic) bond motifs is 1. The van der Waals surface area contributed by atoms with Crippen LogP contribution in [0.2, 0.25) is 0 Å². The van der Waals surface area contributed by atoms with Crippen LogP contribution in [0, 0.1) is 0 Å². The van der Waals surface area contributed by atoms with E-state index in [9.17, 15) is 9.59 Å². The zero-order valence-electron chi connectivity index (χ0n) is 14.9. The molecular weight excluding hydrogens is 356 g/mol. The minimum Gasteiger partial charge on any atom is -0.484 e. The van der Waals surface area contributed by atoms with Gasteiger partial charge in [0.1, 0.15) is 11.3 Å². The fraction of sp³-hybridized carbons (Fsp3) is 0.474. The predicted octanol–water partition coefficient (Wildman–Crippen LogP) is 2.50. The summed E-state index contributed by atoms with van der Waals surface area (Å²) in [6.07, 6.45) is 3.72. The summed E-state index contributed by atoms with van der Waals surface area (Å²) in [6.45, 7) is 3.25. The Morgan fingerprint density at radius 2 is 2.15 bits per heavy atom. The van der Waals surface area contributed by atoms with E-state index in [2.05, 4.69) is 0 Å². The first kappa shape index (κ1) is 20.3. The Morgan fingerprint density at radius 3 is 2.92 bits per heavy atom. The number of nitrogens with two attached hydrogens (primary N) is 1. The molecule has 1 aromatic carbocycles. The second kappa shape index (κ2) is 9.05. The summed E-state index contributed by atoms with van der Waals surface area (Å²) < 4.78 is 10.9. The summed E-state index contributed by atoms with van der Waals surface area (Å²) in [7, 11) is 0. The molecule has 1 saturated heterocycles. The van der Waals surface area contributed by atoms with Gasteiger partial charge in [-0.15, -0.1) is 12.4 Å². The van der Waals surface area contributed by atoms with E-state index in [1.807, 2.05) is 13.0 Å². The maximum atomic E-state index is 12.4. The molecule has 0 aliphatic carbocycles. The maximum Gasteiger partial charge on any atom is 0.336 e. The van der Waals surface area contributed by atoms with Gasteiger partial charge < -0.3 is 19.8 Å². The molecule has 1 fully saturated rings. The Labute approximate surface area is 158 Å². The number of hydrogen-bond donors (Lipinski definition) is 1. The van der Waals surface area contributed by atoms with E-state index < -0.39 is 0 Å². The maximum absolute atomic E-state index is 12.4. The highest BCUT2D eigenvalue weighted by Gasteiger charge is 2.20. The third-order valence-electron chi connectivity index (χ3n) is 4.61. The van der Waals surface area contributed by atoms with Crippen molar-refractivity contribution in [1.82, 2.24) is 4.90 Å². The van der Waals surface area contributed by atoms with Crippen molar-refractivity contribution >= 4 is 29.3 Å². The molecule has 1 aromatic heterocycles. The van der Waals surface area contributed by atoms with E-state index in [4.69, 9.17) is 14.9 Å². The Bertz CT molecular complexity index is 821. The van der Waals surface area contributed by atoms with Crippen LogP contribution in [0.4, 0.5) is 0 Å². The Hall–Kier alpha value is -2.05. The van der Waals surface area contributed by atoms with Gasteiger partial charge in [0.05, 0.1) is 0 Å². The van der Waals surface area contributed by atoms with Gasteiger partial charge in [0.2, 0.25) is 0 Å². The van der Waals surface area contributed by atoms with Gasteiger partial charge in [-0.05, 0) is 37.0 Å². The third-order valence-corrected chi connectivity index (χ3v) is 4.61. The molecule has 2 N–H and O–H groups in total. The molecule has 1 aliphatic rings. The molecule has 6 nitrogen and oxygen atoms in total. The normalized spacial score (nSPS) is 17.5. The van der Waals surface area contributed by atoms with Gasteiger partial charge in [0.15, 0.2) is 6.61 Å². The number of nitrogens with zero attached hydrogens (tertiary/aromatic N) is 1. The lowest BCUT2D eigenvalue weighted by molar-refractivity contribution is -0.133. The molecule has 0 spiro atoms. The lowest BCUT2D eigenvalue weighted by atomic mass is 10.1. The van der Waals surface area contributed by atoms with Gasteiger partial charge in [0, 0.05) is 36.7 Å². The second-order valence-corrected chi connectivity index (χ2v) is 6.49. The van der Waals surface area contributed by atoms with Crippen LogP contribution in [-0.4, -0.2) is 36.5 Å². The molecule has 0 radical (unpaired) electrons. The van der Waals surface area contributed by atoms with E-state index in [0.29, 0.717) is 17.9 Å². The topological polar surface area (TPSA) is 85.8 Å². The highest BCUT2D eigenvalue weighted by molar-refractivity contribution is 5.85. The Balaban J connectivity index is 0.00000243. The van der Waals surface area contributed by atoms with Crippen LogP contribution in [0.3, 0.4) is 0 Å². The fourth-order valence-corrected chi connectivity index (χ4v) is 3.23. The number of aryl methyl sites for hydroxylation is 1. The number of amides is 1. The lowest BCUT2D eigenvalue weighted by Gasteiger charge is -2.22. The average Bonchev–Trinajstić information content (AvgIpc) is 2.83. The summed E-state index contributed by atoms with van der Waals surface area (Å²) in [5.74, 6) is 0.442. The van der Waals surface area contributed by atoms with Gasteiger partial charge in [-0.1, -0.05) is 13.3 Å². The fourth-order valence-electron chi connectivity index (χ4n) is 3.23. The molecule has 3 rings (SSSR count). The summed E-state index contributed by atoms with van der Waals surface area (Å²) in [6, 6.07) is 6.86. The largest absolute Gasteiger partial charge is 0.484 e. The molecule has 0 saturated carbocycles. The van der Waals surface area contributed by atoms with Crippen molar-refractivity contribution in [2.45, 2.75) is 38.6 Å². The van der Waals surface area contributed by atoms with Crippen molar-refractivity contribution in [1.29, 1.82) is 0 Å². The Morgan fingerprint density at radius 1 is 1.35 bits per heavy atom. The Kier molecular flexibility index (Phi) is 7.06. The van der Waals surface area contributed by atoms with Crippen molar-refractivity contribution in [3.63, 3.8) is 0 Å². The molecule has 1 amide bonds.